The van der Waals surface area contributed by atoms with Crippen LogP contribution in [0.15, 0.2) is 24.3 Å². The number of nitrogens with two attached hydrogens (primary N) is 1. The Labute approximate surface area is 93.7 Å². The molecule has 1 nitrogen and oxygen atoms in total. The molecule has 2 N–H and O–H groups in total. The topological polar surface area (TPSA) is 26.0 Å². The summed E-state index contributed by atoms with van der Waals surface area (Å²) >= 11 is 0. The highest BCUT2D eigenvalue weighted by Crippen LogP contribution is 2.16. The summed E-state index contributed by atoms with van der Waals surface area (Å²) in [6, 6.07) is 8.83. The zero-order chi connectivity index (χ0) is 11.3. The van der Waals surface area contributed by atoms with Crippen LogP contribution in [-0.2, 0) is 12.8 Å². The first-order valence-electron chi connectivity index (χ1n) is 5.94. The summed E-state index contributed by atoms with van der Waals surface area (Å²) in [6.07, 6.45) is 4.32. The SMILES string of the molecule is CCCC(C)(N)Cc1ccc(CC)cc1. The van der Waals surface area contributed by atoms with E-state index in [2.05, 4.69) is 45.0 Å². The van der Waals surface area contributed by atoms with E-state index in [-0.39, 0.29) is 5.54 Å². The van der Waals surface area contributed by atoms with E-state index in [9.17, 15) is 0 Å². The number of benzene rings is 1. The van der Waals surface area contributed by atoms with Crippen LogP contribution in [0.5, 0.6) is 0 Å². The van der Waals surface area contributed by atoms with Crippen LogP contribution in [-0.4, -0.2) is 5.54 Å². The second-order valence-electron chi connectivity index (χ2n) is 4.75. The molecule has 84 valence electrons. The standard InChI is InChI=1S/C14H23N/c1-4-10-14(3,15)11-13-8-6-12(5-2)7-9-13/h6-9H,4-5,10-11,15H2,1-3H3. The number of hydrogen-bond acceptors (Lipinski definition) is 1. The first-order valence-corrected chi connectivity index (χ1v) is 5.94. The lowest BCUT2D eigenvalue weighted by atomic mass is 9.89. The smallest absolute Gasteiger partial charge is 0.0166 e. The third kappa shape index (κ3) is 4.05. The van der Waals surface area contributed by atoms with Gasteiger partial charge in [0.1, 0.15) is 0 Å². The van der Waals surface area contributed by atoms with Gasteiger partial charge in [-0.15, -0.1) is 0 Å². The van der Waals surface area contributed by atoms with Crippen LogP contribution in [0.1, 0.15) is 44.7 Å². The van der Waals surface area contributed by atoms with E-state index in [0.717, 1.165) is 25.7 Å². The predicted octanol–water partition coefficient (Wildman–Crippen LogP) is 3.31. The van der Waals surface area contributed by atoms with E-state index in [1.54, 1.807) is 0 Å². The van der Waals surface area contributed by atoms with Crippen LogP contribution in [0.25, 0.3) is 0 Å². The van der Waals surface area contributed by atoms with Crippen molar-refractivity contribution in [1.82, 2.24) is 0 Å². The molecular weight excluding hydrogens is 182 g/mol. The van der Waals surface area contributed by atoms with Gasteiger partial charge in [0, 0.05) is 5.54 Å². The van der Waals surface area contributed by atoms with Gasteiger partial charge < -0.3 is 5.73 Å². The number of aryl methyl sites for hydroxylation is 1. The fraction of sp³-hybridized carbons (Fsp3) is 0.571. The van der Waals surface area contributed by atoms with Crippen molar-refractivity contribution in [3.05, 3.63) is 35.4 Å². The molecule has 1 aromatic rings. The molecule has 0 fully saturated rings. The highest BCUT2D eigenvalue weighted by molar-refractivity contribution is 5.23. The molecular formula is C14H23N. The molecule has 0 aliphatic heterocycles. The Hall–Kier alpha value is -0.820. The molecule has 0 bridgehead atoms. The number of rotatable bonds is 5. The van der Waals surface area contributed by atoms with E-state index >= 15 is 0 Å². The zero-order valence-corrected chi connectivity index (χ0v) is 10.2. The molecule has 1 rings (SSSR count). The Kier molecular flexibility index (Phi) is 4.34. The normalized spacial score (nSPS) is 14.9. The minimum absolute atomic E-state index is 0.0531. The number of hydrogen-bond donors (Lipinski definition) is 1. The van der Waals surface area contributed by atoms with E-state index in [4.69, 9.17) is 5.73 Å². The Bertz CT molecular complexity index is 285. The largest absolute Gasteiger partial charge is 0.325 e. The second-order valence-corrected chi connectivity index (χ2v) is 4.75. The molecule has 1 heteroatoms. The van der Waals surface area contributed by atoms with Gasteiger partial charge in [-0.05, 0) is 37.3 Å². The first-order chi connectivity index (χ1) is 7.07. The highest BCUT2D eigenvalue weighted by Gasteiger charge is 2.17. The monoisotopic (exact) mass is 205 g/mol. The van der Waals surface area contributed by atoms with Crippen molar-refractivity contribution in [3.63, 3.8) is 0 Å². The van der Waals surface area contributed by atoms with Gasteiger partial charge in [-0.3, -0.25) is 0 Å². The maximum atomic E-state index is 6.23. The second kappa shape index (κ2) is 5.32. The van der Waals surface area contributed by atoms with Crippen molar-refractivity contribution in [1.29, 1.82) is 0 Å². The van der Waals surface area contributed by atoms with Crippen LogP contribution in [0.2, 0.25) is 0 Å². The summed E-state index contributed by atoms with van der Waals surface area (Å²) in [4.78, 5) is 0. The van der Waals surface area contributed by atoms with Gasteiger partial charge in [-0.2, -0.15) is 0 Å². The molecule has 1 atom stereocenters. The van der Waals surface area contributed by atoms with Gasteiger partial charge >= 0.3 is 0 Å². The minimum Gasteiger partial charge on any atom is -0.325 e. The molecule has 0 heterocycles. The Morgan fingerprint density at radius 3 is 2.07 bits per heavy atom. The quantitative estimate of drug-likeness (QED) is 0.784. The van der Waals surface area contributed by atoms with Crippen molar-refractivity contribution < 1.29 is 0 Å². The maximum absolute atomic E-state index is 6.23. The van der Waals surface area contributed by atoms with Crippen molar-refractivity contribution in [2.45, 2.75) is 52.0 Å². The molecule has 15 heavy (non-hydrogen) atoms. The van der Waals surface area contributed by atoms with Crippen LogP contribution in [0.4, 0.5) is 0 Å². The summed E-state index contributed by atoms with van der Waals surface area (Å²) in [5.74, 6) is 0. The third-order valence-electron chi connectivity index (χ3n) is 2.86. The fourth-order valence-corrected chi connectivity index (χ4v) is 2.02. The van der Waals surface area contributed by atoms with Crippen molar-refractivity contribution in [2.24, 2.45) is 5.73 Å². The molecule has 0 radical (unpaired) electrons. The van der Waals surface area contributed by atoms with Crippen LogP contribution < -0.4 is 5.73 Å². The molecule has 1 aromatic carbocycles. The summed E-state index contributed by atoms with van der Waals surface area (Å²) in [6.45, 7) is 6.51. The molecule has 0 spiro atoms. The minimum atomic E-state index is -0.0531. The van der Waals surface area contributed by atoms with E-state index in [1.807, 2.05) is 0 Å². The predicted molar refractivity (Wildman–Crippen MR) is 67.0 cm³/mol. The lowest BCUT2D eigenvalue weighted by Crippen LogP contribution is -2.38. The van der Waals surface area contributed by atoms with Gasteiger partial charge in [0.2, 0.25) is 0 Å². The van der Waals surface area contributed by atoms with E-state index in [0.29, 0.717) is 0 Å². The average molecular weight is 205 g/mol. The molecule has 0 aromatic heterocycles. The van der Waals surface area contributed by atoms with E-state index < -0.39 is 0 Å². The summed E-state index contributed by atoms with van der Waals surface area (Å²) in [5.41, 5.74) is 8.93. The average Bonchev–Trinajstić information content (AvgIpc) is 2.18. The molecule has 0 saturated heterocycles. The van der Waals surface area contributed by atoms with Crippen molar-refractivity contribution in [2.75, 3.05) is 0 Å². The summed E-state index contributed by atoms with van der Waals surface area (Å²) in [5, 5.41) is 0. The maximum Gasteiger partial charge on any atom is 0.0166 e. The van der Waals surface area contributed by atoms with Crippen LogP contribution >= 0.6 is 0 Å². The molecule has 0 aliphatic rings. The third-order valence-corrected chi connectivity index (χ3v) is 2.86. The van der Waals surface area contributed by atoms with Gasteiger partial charge in [-0.25, -0.2) is 0 Å². The van der Waals surface area contributed by atoms with Crippen molar-refractivity contribution in [3.8, 4) is 0 Å². The first kappa shape index (κ1) is 12.3. The molecule has 0 saturated carbocycles. The van der Waals surface area contributed by atoms with Gasteiger partial charge in [0.25, 0.3) is 0 Å². The summed E-state index contributed by atoms with van der Waals surface area (Å²) in [7, 11) is 0. The molecule has 1 unspecified atom stereocenters. The van der Waals surface area contributed by atoms with Crippen molar-refractivity contribution >= 4 is 0 Å². The molecule has 0 amide bonds. The van der Waals surface area contributed by atoms with Gasteiger partial charge in [0.05, 0.1) is 0 Å². The lowest BCUT2D eigenvalue weighted by Gasteiger charge is -2.24. The lowest BCUT2D eigenvalue weighted by molar-refractivity contribution is 0.425. The Balaban J connectivity index is 2.64. The Morgan fingerprint density at radius 2 is 1.60 bits per heavy atom. The highest BCUT2D eigenvalue weighted by atomic mass is 14.7. The fourth-order valence-electron chi connectivity index (χ4n) is 2.02. The summed E-state index contributed by atoms with van der Waals surface area (Å²) < 4.78 is 0. The van der Waals surface area contributed by atoms with Gasteiger partial charge in [0.15, 0.2) is 0 Å². The van der Waals surface area contributed by atoms with Crippen LogP contribution in [0.3, 0.4) is 0 Å². The van der Waals surface area contributed by atoms with E-state index in [1.165, 1.54) is 11.1 Å². The van der Waals surface area contributed by atoms with Gasteiger partial charge in [-0.1, -0.05) is 44.5 Å². The Morgan fingerprint density at radius 1 is 1.07 bits per heavy atom. The zero-order valence-electron chi connectivity index (χ0n) is 10.2. The molecule has 0 aliphatic carbocycles. The van der Waals surface area contributed by atoms with Crippen LogP contribution in [0, 0.1) is 0 Å².